The number of hydrogen-bond acceptors (Lipinski definition) is 2. The van der Waals surface area contributed by atoms with Gasteiger partial charge < -0.3 is 5.32 Å². The number of hydrogen-bond donors (Lipinski definition) is 1. The van der Waals surface area contributed by atoms with Crippen LogP contribution in [0.3, 0.4) is 0 Å². The van der Waals surface area contributed by atoms with Crippen LogP contribution in [0, 0.1) is 0 Å². The van der Waals surface area contributed by atoms with Crippen LogP contribution in [0.4, 0.5) is 5.82 Å². The first kappa shape index (κ1) is 13.4. The van der Waals surface area contributed by atoms with E-state index in [2.05, 4.69) is 52.3 Å². The number of nitrogens with one attached hydrogen (secondary N) is 1. The van der Waals surface area contributed by atoms with Crippen molar-refractivity contribution in [3.8, 4) is 0 Å². The quantitative estimate of drug-likeness (QED) is 0.910. The van der Waals surface area contributed by atoms with Crippen molar-refractivity contribution < 1.29 is 4.79 Å². The molecule has 1 atom stereocenters. The number of fused-ring (bicyclic) bond motifs is 1. The molecule has 1 aromatic carbocycles. The van der Waals surface area contributed by atoms with Gasteiger partial charge in [0.25, 0.3) is 0 Å². The van der Waals surface area contributed by atoms with Crippen LogP contribution in [0.1, 0.15) is 43.4 Å². The maximum atomic E-state index is 12.0. The Hall–Kier alpha value is -1.62. The number of halogens is 1. The van der Waals surface area contributed by atoms with E-state index < -0.39 is 0 Å². The SMILES string of the molecule is CC(C)n1ncc2c1NC(=O)C[C@H]2c1cccc(Br)c1. The van der Waals surface area contributed by atoms with Gasteiger partial charge in [0, 0.05) is 28.4 Å². The molecule has 104 valence electrons. The van der Waals surface area contributed by atoms with Crippen molar-refractivity contribution in [2.24, 2.45) is 0 Å². The molecule has 2 heterocycles. The van der Waals surface area contributed by atoms with Crippen LogP contribution in [0.5, 0.6) is 0 Å². The lowest BCUT2D eigenvalue weighted by molar-refractivity contribution is -0.116. The van der Waals surface area contributed by atoms with E-state index in [0.29, 0.717) is 6.42 Å². The van der Waals surface area contributed by atoms with E-state index in [1.54, 1.807) is 0 Å². The van der Waals surface area contributed by atoms with Crippen molar-refractivity contribution in [2.75, 3.05) is 5.32 Å². The Kier molecular flexibility index (Phi) is 3.38. The second-order valence-electron chi connectivity index (χ2n) is 5.35. The number of aromatic nitrogens is 2. The number of nitrogens with zero attached hydrogens (tertiary/aromatic N) is 2. The summed E-state index contributed by atoms with van der Waals surface area (Å²) in [7, 11) is 0. The Labute approximate surface area is 126 Å². The van der Waals surface area contributed by atoms with Crippen molar-refractivity contribution in [3.05, 3.63) is 46.1 Å². The highest BCUT2D eigenvalue weighted by molar-refractivity contribution is 9.10. The molecule has 0 saturated carbocycles. The molecule has 2 aromatic rings. The second kappa shape index (κ2) is 5.05. The molecule has 0 fully saturated rings. The summed E-state index contributed by atoms with van der Waals surface area (Å²) in [4.78, 5) is 12.0. The first-order chi connectivity index (χ1) is 9.56. The third-order valence-corrected chi connectivity index (χ3v) is 4.08. The van der Waals surface area contributed by atoms with Gasteiger partial charge in [-0.25, -0.2) is 4.68 Å². The monoisotopic (exact) mass is 333 g/mol. The van der Waals surface area contributed by atoms with E-state index in [1.807, 2.05) is 23.0 Å². The fourth-order valence-electron chi connectivity index (χ4n) is 2.65. The Bertz CT molecular complexity index is 663. The Morgan fingerprint density at radius 1 is 1.45 bits per heavy atom. The molecule has 0 bridgehead atoms. The highest BCUT2D eigenvalue weighted by Gasteiger charge is 2.30. The summed E-state index contributed by atoms with van der Waals surface area (Å²) in [6.45, 7) is 4.12. The maximum Gasteiger partial charge on any atom is 0.226 e. The van der Waals surface area contributed by atoms with E-state index in [4.69, 9.17) is 0 Å². The molecule has 0 radical (unpaired) electrons. The second-order valence-corrected chi connectivity index (χ2v) is 6.26. The zero-order valence-electron chi connectivity index (χ0n) is 11.4. The zero-order valence-corrected chi connectivity index (χ0v) is 13.0. The largest absolute Gasteiger partial charge is 0.311 e. The minimum atomic E-state index is 0.0462. The third kappa shape index (κ3) is 2.26. The smallest absolute Gasteiger partial charge is 0.226 e. The van der Waals surface area contributed by atoms with Crippen LogP contribution in [-0.4, -0.2) is 15.7 Å². The first-order valence-electron chi connectivity index (χ1n) is 6.69. The van der Waals surface area contributed by atoms with E-state index in [1.165, 1.54) is 0 Å². The van der Waals surface area contributed by atoms with Crippen molar-refractivity contribution in [2.45, 2.75) is 32.2 Å². The van der Waals surface area contributed by atoms with Gasteiger partial charge in [-0.3, -0.25) is 4.79 Å². The predicted octanol–water partition coefficient (Wildman–Crippen LogP) is 3.70. The molecular weight excluding hydrogens is 318 g/mol. The van der Waals surface area contributed by atoms with Crippen LogP contribution >= 0.6 is 15.9 Å². The topological polar surface area (TPSA) is 46.9 Å². The van der Waals surface area contributed by atoms with Crippen LogP contribution in [0.25, 0.3) is 0 Å². The van der Waals surface area contributed by atoms with Gasteiger partial charge in [-0.15, -0.1) is 0 Å². The Balaban J connectivity index is 2.09. The van der Waals surface area contributed by atoms with Gasteiger partial charge in [0.1, 0.15) is 5.82 Å². The molecular formula is C15H16BrN3O. The van der Waals surface area contributed by atoms with E-state index >= 15 is 0 Å². The lowest BCUT2D eigenvalue weighted by Gasteiger charge is -2.24. The van der Waals surface area contributed by atoms with Crippen molar-refractivity contribution >= 4 is 27.7 Å². The molecule has 1 aromatic heterocycles. The van der Waals surface area contributed by atoms with Gasteiger partial charge in [0.05, 0.1) is 6.20 Å². The molecule has 1 aliphatic rings. The van der Waals surface area contributed by atoms with Crippen LogP contribution < -0.4 is 5.32 Å². The number of rotatable bonds is 2. The number of benzene rings is 1. The molecule has 20 heavy (non-hydrogen) atoms. The number of anilines is 1. The number of amides is 1. The first-order valence-corrected chi connectivity index (χ1v) is 7.48. The number of carbonyl (C=O) groups excluding carboxylic acids is 1. The zero-order chi connectivity index (χ0) is 14.3. The summed E-state index contributed by atoms with van der Waals surface area (Å²) in [6.07, 6.45) is 2.34. The molecule has 1 aliphatic heterocycles. The van der Waals surface area contributed by atoms with Crippen LogP contribution in [-0.2, 0) is 4.79 Å². The molecule has 0 unspecified atom stereocenters. The molecule has 1 N–H and O–H groups in total. The number of carbonyl (C=O) groups is 1. The fourth-order valence-corrected chi connectivity index (χ4v) is 3.07. The summed E-state index contributed by atoms with van der Waals surface area (Å²) in [5.41, 5.74) is 2.23. The minimum absolute atomic E-state index is 0.0462. The fraction of sp³-hybridized carbons (Fsp3) is 0.333. The minimum Gasteiger partial charge on any atom is -0.311 e. The maximum absolute atomic E-state index is 12.0. The van der Waals surface area contributed by atoms with E-state index in [9.17, 15) is 4.79 Å². The van der Waals surface area contributed by atoms with Gasteiger partial charge in [-0.2, -0.15) is 5.10 Å². The summed E-state index contributed by atoms with van der Waals surface area (Å²) >= 11 is 3.49. The highest BCUT2D eigenvalue weighted by atomic mass is 79.9. The molecule has 5 heteroatoms. The van der Waals surface area contributed by atoms with Gasteiger partial charge in [-0.05, 0) is 31.5 Å². The van der Waals surface area contributed by atoms with Crippen LogP contribution in [0.15, 0.2) is 34.9 Å². The van der Waals surface area contributed by atoms with Gasteiger partial charge >= 0.3 is 0 Å². The van der Waals surface area contributed by atoms with Crippen molar-refractivity contribution in [1.29, 1.82) is 0 Å². The van der Waals surface area contributed by atoms with Gasteiger partial charge in [0.15, 0.2) is 0 Å². The normalized spacial score (nSPS) is 18.0. The molecule has 0 aliphatic carbocycles. The average Bonchev–Trinajstić information content (AvgIpc) is 2.81. The molecule has 1 amide bonds. The molecule has 0 saturated heterocycles. The summed E-state index contributed by atoms with van der Waals surface area (Å²) < 4.78 is 2.90. The van der Waals surface area contributed by atoms with Gasteiger partial charge in [-0.1, -0.05) is 28.1 Å². The molecule has 0 spiro atoms. The third-order valence-electron chi connectivity index (χ3n) is 3.59. The van der Waals surface area contributed by atoms with Crippen LogP contribution in [0.2, 0.25) is 0 Å². The lowest BCUT2D eigenvalue weighted by Crippen LogP contribution is -2.25. The van der Waals surface area contributed by atoms with Crippen molar-refractivity contribution in [3.63, 3.8) is 0 Å². The predicted molar refractivity (Wildman–Crippen MR) is 81.8 cm³/mol. The average molecular weight is 334 g/mol. The standard InChI is InChI=1S/C15H16BrN3O/c1-9(2)19-15-13(8-17-19)12(7-14(20)18-15)10-4-3-5-11(16)6-10/h3-6,8-9,12H,7H2,1-2H3,(H,18,20)/t12-/m0/s1. The summed E-state index contributed by atoms with van der Waals surface area (Å²) in [5, 5.41) is 7.37. The highest BCUT2D eigenvalue weighted by Crippen LogP contribution is 2.38. The van der Waals surface area contributed by atoms with Crippen molar-refractivity contribution in [1.82, 2.24) is 9.78 Å². The summed E-state index contributed by atoms with van der Waals surface area (Å²) in [5.74, 6) is 0.954. The van der Waals surface area contributed by atoms with Gasteiger partial charge in [0.2, 0.25) is 5.91 Å². The van der Waals surface area contributed by atoms with E-state index in [-0.39, 0.29) is 17.9 Å². The molecule has 3 rings (SSSR count). The molecule has 4 nitrogen and oxygen atoms in total. The van der Waals surface area contributed by atoms with E-state index in [0.717, 1.165) is 21.4 Å². The summed E-state index contributed by atoms with van der Waals surface area (Å²) in [6, 6.07) is 8.34. The Morgan fingerprint density at radius 3 is 2.95 bits per heavy atom. The Morgan fingerprint density at radius 2 is 2.25 bits per heavy atom. The lowest BCUT2D eigenvalue weighted by atomic mass is 9.87.